The van der Waals surface area contributed by atoms with Crippen LogP contribution in [-0.2, 0) is 27.2 Å². The highest BCUT2D eigenvalue weighted by Gasteiger charge is 2.14. The van der Waals surface area contributed by atoms with E-state index in [0.717, 1.165) is 90.3 Å². The summed E-state index contributed by atoms with van der Waals surface area (Å²) in [5.41, 5.74) is 2.61. The maximum absolute atomic E-state index is 12.9. The Balaban J connectivity index is 2.10. The molecule has 0 bridgehead atoms. The fourth-order valence-electron chi connectivity index (χ4n) is 7.61. The third-order valence-corrected chi connectivity index (χ3v) is 11.1. The van der Waals surface area contributed by atoms with Crippen LogP contribution in [0.3, 0.4) is 0 Å². The fourth-order valence-corrected chi connectivity index (χ4v) is 7.61. The highest BCUT2D eigenvalue weighted by Crippen LogP contribution is 2.24. The quantitative estimate of drug-likeness (QED) is 0.0536. The molecule has 0 saturated carbocycles. The SMILES string of the molecule is CCCCCCCCC(CCCCCCCC)CC(=O)CCCCCCCN(CCO)CCCCCCCC(=O)OCCc1ccc(CCCC)cc1. The van der Waals surface area contributed by atoms with E-state index in [-0.39, 0.29) is 12.6 Å². The van der Waals surface area contributed by atoms with Crippen molar-refractivity contribution < 1.29 is 19.4 Å². The number of benzene rings is 1. The van der Waals surface area contributed by atoms with Gasteiger partial charge in [-0.3, -0.25) is 9.59 Å². The van der Waals surface area contributed by atoms with Gasteiger partial charge < -0.3 is 14.7 Å². The molecule has 1 N–H and O–H groups in total. The van der Waals surface area contributed by atoms with Crippen molar-refractivity contribution in [3.8, 4) is 0 Å². The lowest BCUT2D eigenvalue weighted by molar-refractivity contribution is -0.143. The average Bonchev–Trinajstić information content (AvgIpc) is 3.16. The minimum Gasteiger partial charge on any atom is -0.465 e. The van der Waals surface area contributed by atoms with Crippen LogP contribution in [0.4, 0.5) is 0 Å². The van der Waals surface area contributed by atoms with Crippen molar-refractivity contribution in [3.63, 3.8) is 0 Å². The molecule has 1 aromatic rings. The van der Waals surface area contributed by atoms with Crippen LogP contribution in [0.2, 0.25) is 0 Å². The predicted molar refractivity (Wildman–Crippen MR) is 228 cm³/mol. The molecule has 0 aromatic heterocycles. The molecule has 53 heavy (non-hydrogen) atoms. The first-order chi connectivity index (χ1) is 26.0. The largest absolute Gasteiger partial charge is 0.465 e. The Bertz CT molecular complexity index is 931. The molecule has 5 heteroatoms. The number of Topliss-reactive ketones (excluding diaryl/α,β-unsaturated/α-hetero) is 1. The maximum Gasteiger partial charge on any atom is 0.305 e. The first-order valence-electron chi connectivity index (χ1n) is 23.1. The van der Waals surface area contributed by atoms with Gasteiger partial charge in [0.05, 0.1) is 13.2 Å². The highest BCUT2D eigenvalue weighted by atomic mass is 16.5. The van der Waals surface area contributed by atoms with E-state index in [1.165, 1.54) is 133 Å². The Kier molecular flexibility index (Phi) is 34.6. The van der Waals surface area contributed by atoms with Crippen LogP contribution in [-0.4, -0.2) is 54.6 Å². The molecule has 5 nitrogen and oxygen atoms in total. The van der Waals surface area contributed by atoms with Gasteiger partial charge in [0.15, 0.2) is 0 Å². The zero-order chi connectivity index (χ0) is 38.5. The Morgan fingerprint density at radius 1 is 0.547 bits per heavy atom. The van der Waals surface area contributed by atoms with Crippen LogP contribution in [0.15, 0.2) is 24.3 Å². The summed E-state index contributed by atoms with van der Waals surface area (Å²) in [6, 6.07) is 8.73. The summed E-state index contributed by atoms with van der Waals surface area (Å²) in [4.78, 5) is 27.5. The molecule has 0 saturated heterocycles. The van der Waals surface area contributed by atoms with E-state index in [9.17, 15) is 14.7 Å². The molecule has 0 aliphatic carbocycles. The van der Waals surface area contributed by atoms with E-state index in [0.29, 0.717) is 24.7 Å². The smallest absolute Gasteiger partial charge is 0.305 e. The van der Waals surface area contributed by atoms with Gasteiger partial charge in [0.2, 0.25) is 0 Å². The maximum atomic E-state index is 12.9. The van der Waals surface area contributed by atoms with Crippen molar-refractivity contribution in [3.05, 3.63) is 35.4 Å². The number of ketones is 1. The lowest BCUT2D eigenvalue weighted by Crippen LogP contribution is -2.29. The molecule has 0 fully saturated rings. The molecule has 0 spiro atoms. The van der Waals surface area contributed by atoms with Crippen LogP contribution in [0, 0.1) is 5.92 Å². The van der Waals surface area contributed by atoms with Crippen LogP contribution in [0.25, 0.3) is 0 Å². The number of carbonyl (C=O) groups is 2. The van der Waals surface area contributed by atoms with Gasteiger partial charge in [0, 0.05) is 32.2 Å². The lowest BCUT2D eigenvalue weighted by Gasteiger charge is -2.21. The molecule has 1 aromatic carbocycles. The standard InChI is InChI=1S/C48H87NO4/c1-4-7-10-12-16-22-29-46(30-23-17-13-11-8-5-2)43-47(51)31-24-18-14-20-26-38-49(40-41-50)39-27-21-15-19-25-32-48(52)53-42-37-45-35-33-44(34-36-45)28-9-6-3/h33-36,46,50H,4-32,37-43H2,1-3H3. The Labute approximate surface area is 329 Å². The Hall–Kier alpha value is -1.72. The fraction of sp³-hybridized carbons (Fsp3) is 0.833. The molecule has 0 amide bonds. The van der Waals surface area contributed by atoms with Gasteiger partial charge in [-0.15, -0.1) is 0 Å². The van der Waals surface area contributed by atoms with Gasteiger partial charge in [-0.2, -0.15) is 0 Å². The van der Waals surface area contributed by atoms with Crippen molar-refractivity contribution in [1.82, 2.24) is 4.90 Å². The number of rotatable bonds is 40. The molecule has 308 valence electrons. The number of nitrogens with zero attached hydrogens (tertiary/aromatic N) is 1. The molecule has 0 aliphatic heterocycles. The molecule has 0 aliphatic rings. The zero-order valence-electron chi connectivity index (χ0n) is 35.5. The summed E-state index contributed by atoms with van der Waals surface area (Å²) in [5, 5.41) is 9.58. The third kappa shape index (κ3) is 31.2. The van der Waals surface area contributed by atoms with Gasteiger partial charge >= 0.3 is 5.97 Å². The monoisotopic (exact) mass is 742 g/mol. The number of esters is 1. The number of aliphatic hydroxyl groups is 1. The Morgan fingerprint density at radius 3 is 1.53 bits per heavy atom. The second-order valence-corrected chi connectivity index (χ2v) is 16.2. The number of hydrogen-bond acceptors (Lipinski definition) is 5. The zero-order valence-corrected chi connectivity index (χ0v) is 35.5. The van der Waals surface area contributed by atoms with Crippen molar-refractivity contribution in [2.24, 2.45) is 5.92 Å². The van der Waals surface area contributed by atoms with Crippen LogP contribution >= 0.6 is 0 Å². The normalized spacial score (nSPS) is 11.6. The highest BCUT2D eigenvalue weighted by molar-refractivity contribution is 5.78. The van der Waals surface area contributed by atoms with E-state index in [4.69, 9.17) is 4.74 Å². The minimum absolute atomic E-state index is 0.0727. The Morgan fingerprint density at radius 2 is 1.00 bits per heavy atom. The summed E-state index contributed by atoms with van der Waals surface area (Å²) in [6.07, 6.45) is 36.2. The van der Waals surface area contributed by atoms with Crippen molar-refractivity contribution >= 4 is 11.8 Å². The van der Waals surface area contributed by atoms with Crippen molar-refractivity contribution in [2.45, 2.75) is 220 Å². The second kappa shape index (κ2) is 37.2. The van der Waals surface area contributed by atoms with Crippen LogP contribution in [0.5, 0.6) is 0 Å². The summed E-state index contributed by atoms with van der Waals surface area (Å²) in [7, 11) is 0. The molecular weight excluding hydrogens is 655 g/mol. The molecular formula is C48H87NO4. The number of ether oxygens (including phenoxy) is 1. The lowest BCUT2D eigenvalue weighted by atomic mass is 9.89. The average molecular weight is 742 g/mol. The number of hydrogen-bond donors (Lipinski definition) is 1. The first kappa shape index (κ1) is 49.3. The summed E-state index contributed by atoms with van der Waals surface area (Å²) in [6.45, 7) is 10.3. The number of aliphatic hydroxyl groups excluding tert-OH is 1. The number of unbranched alkanes of at least 4 members (excludes halogenated alkanes) is 19. The molecule has 0 radical (unpaired) electrons. The molecule has 0 heterocycles. The van der Waals surface area contributed by atoms with Crippen molar-refractivity contribution in [2.75, 3.05) is 32.8 Å². The molecule has 0 atom stereocenters. The van der Waals surface area contributed by atoms with E-state index in [1.807, 2.05) is 0 Å². The predicted octanol–water partition coefficient (Wildman–Crippen LogP) is 13.2. The topological polar surface area (TPSA) is 66.8 Å². The third-order valence-electron chi connectivity index (χ3n) is 11.1. The summed E-state index contributed by atoms with van der Waals surface area (Å²) < 4.78 is 5.48. The van der Waals surface area contributed by atoms with Gasteiger partial charge in [-0.05, 0) is 68.7 Å². The summed E-state index contributed by atoms with van der Waals surface area (Å²) >= 11 is 0. The van der Waals surface area contributed by atoms with E-state index >= 15 is 0 Å². The second-order valence-electron chi connectivity index (χ2n) is 16.2. The summed E-state index contributed by atoms with van der Waals surface area (Å²) in [5.74, 6) is 1.05. The van der Waals surface area contributed by atoms with Crippen LogP contribution in [0.1, 0.15) is 218 Å². The van der Waals surface area contributed by atoms with Gasteiger partial charge in [-0.1, -0.05) is 180 Å². The first-order valence-corrected chi connectivity index (χ1v) is 23.1. The minimum atomic E-state index is -0.0727. The molecule has 0 unspecified atom stereocenters. The molecule has 1 rings (SSSR count). The van der Waals surface area contributed by atoms with E-state index in [1.54, 1.807) is 0 Å². The van der Waals surface area contributed by atoms with Crippen molar-refractivity contribution in [1.29, 1.82) is 0 Å². The van der Waals surface area contributed by atoms with Gasteiger partial charge in [0.25, 0.3) is 0 Å². The van der Waals surface area contributed by atoms with E-state index < -0.39 is 0 Å². The van der Waals surface area contributed by atoms with E-state index in [2.05, 4.69) is 49.9 Å². The number of carbonyl (C=O) groups excluding carboxylic acids is 2. The van der Waals surface area contributed by atoms with Gasteiger partial charge in [-0.25, -0.2) is 0 Å². The van der Waals surface area contributed by atoms with Crippen LogP contribution < -0.4 is 0 Å². The van der Waals surface area contributed by atoms with Gasteiger partial charge in [0.1, 0.15) is 5.78 Å². The number of aryl methyl sites for hydroxylation is 1.